The Hall–Kier alpha value is -1.63. The van der Waals surface area contributed by atoms with E-state index in [9.17, 15) is 9.18 Å². The molecule has 7 heteroatoms. The maximum Gasteiger partial charge on any atom is 0.225 e. The fourth-order valence-electron chi connectivity index (χ4n) is 2.23. The lowest BCUT2D eigenvalue weighted by atomic mass is 10.1. The lowest BCUT2D eigenvalue weighted by molar-refractivity contribution is -0.125. The summed E-state index contributed by atoms with van der Waals surface area (Å²) in [5.74, 6) is -0.746. The molecule has 0 fully saturated rings. The largest absolute Gasteiger partial charge is 0.490 e. The number of carbonyl (C=O) groups is 1. The van der Waals surface area contributed by atoms with Crippen LogP contribution in [0, 0.1) is 11.2 Å². The number of fused-ring (bicyclic) bond motifs is 1. The fourth-order valence-corrected chi connectivity index (χ4v) is 2.23. The third-order valence-corrected chi connectivity index (χ3v) is 3.07. The molecule has 0 atom stereocenters. The van der Waals surface area contributed by atoms with Gasteiger partial charge in [0.05, 0.1) is 25.3 Å². The first-order valence-electron chi connectivity index (χ1n) is 6.49. The third kappa shape index (κ3) is 3.02. The number of hydrogen-bond acceptors (Lipinski definition) is 4. The quantitative estimate of drug-likeness (QED) is 0.897. The predicted octanol–water partition coefficient (Wildman–Crippen LogP) is 2.89. The minimum Gasteiger partial charge on any atom is -0.490 e. The SMILES string of the molecule is Br.CCOc1cc2c(c(F)c1OCC)C(=N)N(C(C)=O)C2. The van der Waals surface area contributed by atoms with E-state index < -0.39 is 5.82 Å². The van der Waals surface area contributed by atoms with Crippen LogP contribution < -0.4 is 9.47 Å². The first kappa shape index (κ1) is 17.4. The highest BCUT2D eigenvalue weighted by molar-refractivity contribution is 8.93. The van der Waals surface area contributed by atoms with E-state index in [0.29, 0.717) is 24.5 Å². The Morgan fingerprint density at radius 1 is 1.38 bits per heavy atom. The minimum absolute atomic E-state index is 0. The summed E-state index contributed by atoms with van der Waals surface area (Å²) in [4.78, 5) is 12.7. The van der Waals surface area contributed by atoms with Crippen molar-refractivity contribution in [1.82, 2.24) is 4.90 Å². The Balaban J connectivity index is 0.00000220. The van der Waals surface area contributed by atoms with Crippen molar-refractivity contribution < 1.29 is 18.7 Å². The van der Waals surface area contributed by atoms with Crippen molar-refractivity contribution >= 4 is 28.7 Å². The van der Waals surface area contributed by atoms with E-state index in [-0.39, 0.29) is 46.6 Å². The zero-order valence-electron chi connectivity index (χ0n) is 12.2. The third-order valence-electron chi connectivity index (χ3n) is 3.07. The number of ether oxygens (including phenoxy) is 2. The number of amidine groups is 1. The highest BCUT2D eigenvalue weighted by atomic mass is 79.9. The van der Waals surface area contributed by atoms with Crippen LogP contribution in [-0.2, 0) is 11.3 Å². The summed E-state index contributed by atoms with van der Waals surface area (Å²) >= 11 is 0. The minimum atomic E-state index is -0.637. The summed E-state index contributed by atoms with van der Waals surface area (Å²) in [5.41, 5.74) is 0.682. The summed E-state index contributed by atoms with van der Waals surface area (Å²) in [5, 5.41) is 7.93. The van der Waals surface area contributed by atoms with Crippen LogP contribution >= 0.6 is 17.0 Å². The molecule has 0 saturated heterocycles. The van der Waals surface area contributed by atoms with Crippen LogP contribution in [0.5, 0.6) is 11.5 Å². The molecule has 0 radical (unpaired) electrons. The van der Waals surface area contributed by atoms with E-state index >= 15 is 0 Å². The predicted molar refractivity (Wildman–Crippen MR) is 82.1 cm³/mol. The molecule has 1 aromatic carbocycles. The van der Waals surface area contributed by atoms with E-state index in [4.69, 9.17) is 14.9 Å². The Labute approximate surface area is 133 Å². The van der Waals surface area contributed by atoms with Gasteiger partial charge in [-0.25, -0.2) is 4.39 Å². The molecule has 1 aromatic rings. The van der Waals surface area contributed by atoms with Crippen LogP contribution in [0.1, 0.15) is 31.9 Å². The van der Waals surface area contributed by atoms with Gasteiger partial charge in [0.25, 0.3) is 0 Å². The van der Waals surface area contributed by atoms with Crippen LogP contribution in [0.4, 0.5) is 4.39 Å². The molecule has 0 aliphatic carbocycles. The van der Waals surface area contributed by atoms with E-state index in [1.807, 2.05) is 0 Å². The molecule has 1 amide bonds. The number of nitrogens with zero attached hydrogens (tertiary/aromatic N) is 1. The van der Waals surface area contributed by atoms with E-state index in [0.717, 1.165) is 0 Å². The molecule has 0 spiro atoms. The van der Waals surface area contributed by atoms with Gasteiger partial charge in [-0.2, -0.15) is 0 Å². The topological polar surface area (TPSA) is 62.6 Å². The smallest absolute Gasteiger partial charge is 0.225 e. The molecule has 2 rings (SSSR count). The van der Waals surface area contributed by atoms with Gasteiger partial charge in [-0.15, -0.1) is 17.0 Å². The van der Waals surface area contributed by atoms with E-state index in [2.05, 4.69) is 0 Å². The highest BCUT2D eigenvalue weighted by Gasteiger charge is 2.33. The lowest BCUT2D eigenvalue weighted by Gasteiger charge is -2.14. The van der Waals surface area contributed by atoms with E-state index in [1.165, 1.54) is 11.8 Å². The van der Waals surface area contributed by atoms with Gasteiger partial charge in [0.1, 0.15) is 5.84 Å². The molecule has 1 N–H and O–H groups in total. The monoisotopic (exact) mass is 360 g/mol. The van der Waals surface area contributed by atoms with Crippen molar-refractivity contribution in [3.8, 4) is 11.5 Å². The molecule has 1 aliphatic heterocycles. The highest BCUT2D eigenvalue weighted by Crippen LogP contribution is 2.38. The molecular formula is C14H18BrFN2O3. The molecule has 21 heavy (non-hydrogen) atoms. The van der Waals surface area contributed by atoms with Crippen LogP contribution in [0.3, 0.4) is 0 Å². The van der Waals surface area contributed by atoms with Gasteiger partial charge in [0.15, 0.2) is 17.3 Å². The molecule has 1 heterocycles. The van der Waals surface area contributed by atoms with Crippen molar-refractivity contribution in [1.29, 1.82) is 5.41 Å². The van der Waals surface area contributed by atoms with Crippen LogP contribution in [0.15, 0.2) is 6.07 Å². The number of carbonyl (C=O) groups excluding carboxylic acids is 1. The van der Waals surface area contributed by atoms with Gasteiger partial charge in [0, 0.05) is 6.92 Å². The Morgan fingerprint density at radius 3 is 2.52 bits per heavy atom. The maximum absolute atomic E-state index is 14.5. The molecule has 5 nitrogen and oxygen atoms in total. The van der Waals surface area contributed by atoms with Crippen LogP contribution in [0.25, 0.3) is 0 Å². The Kier molecular flexibility index (Phi) is 5.71. The Bertz CT molecular complexity index is 578. The molecule has 0 unspecified atom stereocenters. The van der Waals surface area contributed by atoms with Gasteiger partial charge in [-0.1, -0.05) is 0 Å². The molecule has 0 saturated carbocycles. The summed E-state index contributed by atoms with van der Waals surface area (Å²) in [6, 6.07) is 1.64. The second-order valence-electron chi connectivity index (χ2n) is 4.37. The van der Waals surface area contributed by atoms with Gasteiger partial charge in [0.2, 0.25) is 5.91 Å². The molecule has 0 bridgehead atoms. The van der Waals surface area contributed by atoms with Gasteiger partial charge in [-0.05, 0) is 25.5 Å². The Morgan fingerprint density at radius 2 is 2.00 bits per heavy atom. The number of halogens is 2. The van der Waals surface area contributed by atoms with Gasteiger partial charge < -0.3 is 9.47 Å². The summed E-state index contributed by atoms with van der Waals surface area (Å²) in [7, 11) is 0. The average Bonchev–Trinajstić information content (AvgIpc) is 2.72. The number of amides is 1. The lowest BCUT2D eigenvalue weighted by Crippen LogP contribution is -2.28. The van der Waals surface area contributed by atoms with Crippen LogP contribution in [0.2, 0.25) is 0 Å². The molecular weight excluding hydrogens is 343 g/mol. The van der Waals surface area contributed by atoms with Crippen molar-refractivity contribution in [3.05, 3.63) is 23.0 Å². The van der Waals surface area contributed by atoms with E-state index in [1.54, 1.807) is 19.9 Å². The normalized spacial score (nSPS) is 12.8. The van der Waals surface area contributed by atoms with Crippen molar-refractivity contribution in [2.75, 3.05) is 13.2 Å². The number of nitrogens with one attached hydrogen (secondary N) is 1. The second-order valence-corrected chi connectivity index (χ2v) is 4.37. The van der Waals surface area contributed by atoms with Gasteiger partial charge >= 0.3 is 0 Å². The zero-order valence-corrected chi connectivity index (χ0v) is 13.9. The maximum atomic E-state index is 14.5. The molecule has 0 aromatic heterocycles. The number of benzene rings is 1. The summed E-state index contributed by atoms with van der Waals surface area (Å²) in [6.07, 6.45) is 0. The van der Waals surface area contributed by atoms with Crippen molar-refractivity contribution in [2.45, 2.75) is 27.3 Å². The van der Waals surface area contributed by atoms with Crippen LogP contribution in [-0.4, -0.2) is 29.9 Å². The number of rotatable bonds is 4. The molecule has 1 aliphatic rings. The second kappa shape index (κ2) is 6.89. The number of hydrogen-bond donors (Lipinski definition) is 1. The first-order chi connectivity index (χ1) is 9.51. The first-order valence-corrected chi connectivity index (χ1v) is 6.49. The summed E-state index contributed by atoms with van der Waals surface area (Å²) in [6.45, 7) is 5.75. The zero-order chi connectivity index (χ0) is 14.9. The summed E-state index contributed by atoms with van der Waals surface area (Å²) < 4.78 is 25.2. The van der Waals surface area contributed by atoms with Gasteiger partial charge in [-0.3, -0.25) is 15.1 Å². The average molecular weight is 361 g/mol. The van der Waals surface area contributed by atoms with Crippen molar-refractivity contribution in [2.24, 2.45) is 0 Å². The standard InChI is InChI=1S/C14H17FN2O3.BrH/c1-4-19-10-6-9-7-17(8(3)18)14(16)11(9)12(15)13(10)20-5-2;/h6,16H,4-5,7H2,1-3H3;1H. The fraction of sp³-hybridized carbons (Fsp3) is 0.429. The molecule has 116 valence electrons. The van der Waals surface area contributed by atoms with Crippen molar-refractivity contribution in [3.63, 3.8) is 0 Å².